The summed E-state index contributed by atoms with van der Waals surface area (Å²) in [7, 11) is 0. The molecule has 0 aliphatic carbocycles. The van der Waals surface area contributed by atoms with Gasteiger partial charge < -0.3 is 10.5 Å². The Labute approximate surface area is 135 Å². The zero-order valence-electron chi connectivity index (χ0n) is 12.8. The number of rotatable bonds is 5. The van der Waals surface area contributed by atoms with Crippen LogP contribution in [-0.2, 0) is 0 Å². The molecule has 0 amide bonds. The molecule has 0 aliphatic heterocycles. The van der Waals surface area contributed by atoms with Gasteiger partial charge in [0.05, 0.1) is 0 Å². The van der Waals surface area contributed by atoms with Gasteiger partial charge in [0.2, 0.25) is 0 Å². The minimum Gasteiger partial charge on any atom is -0.484 e. The zero-order valence-corrected chi connectivity index (χ0v) is 14.4. The second-order valence-corrected chi connectivity index (χ2v) is 6.35. The first kappa shape index (κ1) is 16.1. The predicted molar refractivity (Wildman–Crippen MR) is 91.7 cm³/mol. The Morgan fingerprint density at radius 1 is 1.10 bits per heavy atom. The molecule has 0 saturated heterocycles. The summed E-state index contributed by atoms with van der Waals surface area (Å²) in [4.78, 5) is 0. The van der Waals surface area contributed by atoms with E-state index < -0.39 is 0 Å². The van der Waals surface area contributed by atoms with Crippen molar-refractivity contribution in [3.05, 3.63) is 63.6 Å². The van der Waals surface area contributed by atoms with E-state index in [0.717, 1.165) is 27.8 Å². The molecule has 0 fully saturated rings. The average molecular weight is 348 g/mol. The van der Waals surface area contributed by atoms with Crippen LogP contribution in [0.15, 0.2) is 46.9 Å². The van der Waals surface area contributed by atoms with Crippen molar-refractivity contribution >= 4 is 15.9 Å². The van der Waals surface area contributed by atoms with Crippen molar-refractivity contribution < 1.29 is 4.74 Å². The lowest BCUT2D eigenvalue weighted by molar-refractivity contribution is 0.170. The van der Waals surface area contributed by atoms with Crippen LogP contribution in [-0.4, -0.2) is 6.04 Å². The molecule has 2 unspecified atom stereocenters. The Bertz CT molecular complexity index is 595. The van der Waals surface area contributed by atoms with Crippen molar-refractivity contribution in [2.75, 3.05) is 0 Å². The lowest BCUT2D eigenvalue weighted by Gasteiger charge is -2.26. The molecule has 112 valence electrons. The van der Waals surface area contributed by atoms with Gasteiger partial charge in [0.1, 0.15) is 11.9 Å². The number of halogens is 1. The number of hydrogen-bond donors (Lipinski definition) is 1. The van der Waals surface area contributed by atoms with Crippen molar-refractivity contribution in [1.29, 1.82) is 0 Å². The molecule has 3 heteroatoms. The van der Waals surface area contributed by atoms with Crippen LogP contribution < -0.4 is 10.5 Å². The van der Waals surface area contributed by atoms with Crippen molar-refractivity contribution in [2.45, 2.75) is 39.3 Å². The Balaban J connectivity index is 2.32. The van der Waals surface area contributed by atoms with Crippen molar-refractivity contribution in [2.24, 2.45) is 5.73 Å². The highest BCUT2D eigenvalue weighted by molar-refractivity contribution is 9.10. The predicted octanol–water partition coefficient (Wildman–Crippen LogP) is 4.92. The molecule has 0 radical (unpaired) electrons. The monoisotopic (exact) mass is 347 g/mol. The summed E-state index contributed by atoms with van der Waals surface area (Å²) in [6, 6.07) is 14.4. The fraction of sp³-hybridized carbons (Fsp3) is 0.333. The van der Waals surface area contributed by atoms with E-state index >= 15 is 0 Å². The van der Waals surface area contributed by atoms with E-state index in [4.69, 9.17) is 10.5 Å². The minimum atomic E-state index is -0.136. The average Bonchev–Trinajstić information content (AvgIpc) is 2.48. The first-order valence-electron chi connectivity index (χ1n) is 7.26. The Hall–Kier alpha value is -1.32. The van der Waals surface area contributed by atoms with Crippen molar-refractivity contribution in [3.8, 4) is 5.75 Å². The second kappa shape index (κ2) is 7.10. The molecule has 2 atom stereocenters. The van der Waals surface area contributed by atoms with Gasteiger partial charge in [-0.25, -0.2) is 0 Å². The van der Waals surface area contributed by atoms with Crippen LogP contribution in [0, 0.1) is 13.8 Å². The van der Waals surface area contributed by atoms with Crippen LogP contribution >= 0.6 is 15.9 Å². The third-order valence-electron chi connectivity index (χ3n) is 3.67. The van der Waals surface area contributed by atoms with Gasteiger partial charge in [-0.05, 0) is 43.5 Å². The number of hydrogen-bond acceptors (Lipinski definition) is 2. The van der Waals surface area contributed by atoms with Gasteiger partial charge in [0, 0.05) is 10.5 Å². The molecule has 0 heterocycles. The van der Waals surface area contributed by atoms with Gasteiger partial charge in [-0.15, -0.1) is 0 Å². The fourth-order valence-electron chi connectivity index (χ4n) is 2.21. The fourth-order valence-corrected chi connectivity index (χ4v) is 2.55. The standard InChI is InChI=1S/C18H22BrNO/c1-4-16(20)18(14-8-5-12(2)6-9-14)21-17-11-15(19)10-7-13(17)3/h5-11,16,18H,4,20H2,1-3H3. The maximum absolute atomic E-state index is 6.29. The molecule has 2 aromatic carbocycles. The van der Waals surface area contributed by atoms with Gasteiger partial charge in [-0.2, -0.15) is 0 Å². The summed E-state index contributed by atoms with van der Waals surface area (Å²) in [5.41, 5.74) is 9.75. The first-order chi connectivity index (χ1) is 10.0. The number of aryl methyl sites for hydroxylation is 2. The summed E-state index contributed by atoms with van der Waals surface area (Å²) >= 11 is 3.49. The highest BCUT2D eigenvalue weighted by Crippen LogP contribution is 2.30. The van der Waals surface area contributed by atoms with E-state index in [2.05, 4.69) is 54.0 Å². The maximum Gasteiger partial charge on any atom is 0.139 e. The van der Waals surface area contributed by atoms with Gasteiger partial charge in [-0.1, -0.05) is 58.7 Å². The largest absolute Gasteiger partial charge is 0.484 e. The molecule has 2 rings (SSSR count). The summed E-state index contributed by atoms with van der Waals surface area (Å²) in [6.45, 7) is 6.21. The Kier molecular flexibility index (Phi) is 5.43. The van der Waals surface area contributed by atoms with E-state index in [9.17, 15) is 0 Å². The molecule has 0 spiro atoms. The summed E-state index contributed by atoms with van der Waals surface area (Å²) in [5, 5.41) is 0. The first-order valence-corrected chi connectivity index (χ1v) is 8.05. The SMILES string of the molecule is CCC(N)C(Oc1cc(Br)ccc1C)c1ccc(C)cc1. The highest BCUT2D eigenvalue weighted by Gasteiger charge is 2.21. The molecule has 0 aliphatic rings. The van der Waals surface area contributed by atoms with E-state index in [-0.39, 0.29) is 12.1 Å². The molecule has 21 heavy (non-hydrogen) atoms. The molecule has 0 bridgehead atoms. The van der Waals surface area contributed by atoms with Gasteiger partial charge in [0.15, 0.2) is 0 Å². The molecular weight excluding hydrogens is 326 g/mol. The Morgan fingerprint density at radius 3 is 2.38 bits per heavy atom. The van der Waals surface area contributed by atoms with Crippen LogP contribution in [0.4, 0.5) is 0 Å². The third-order valence-corrected chi connectivity index (χ3v) is 4.16. The van der Waals surface area contributed by atoms with Crippen LogP contribution in [0.25, 0.3) is 0 Å². The summed E-state index contributed by atoms with van der Waals surface area (Å²) < 4.78 is 7.26. The molecule has 2 aromatic rings. The molecule has 0 aromatic heterocycles. The van der Waals surface area contributed by atoms with E-state index in [1.54, 1.807) is 0 Å². The number of ether oxygens (including phenoxy) is 1. The van der Waals surface area contributed by atoms with Crippen molar-refractivity contribution in [3.63, 3.8) is 0 Å². The normalized spacial score (nSPS) is 13.8. The van der Waals surface area contributed by atoms with Gasteiger partial charge in [0.25, 0.3) is 0 Å². The van der Waals surface area contributed by atoms with Crippen molar-refractivity contribution in [1.82, 2.24) is 0 Å². The van der Waals surface area contributed by atoms with Crippen LogP contribution in [0.5, 0.6) is 5.75 Å². The van der Waals surface area contributed by atoms with Crippen LogP contribution in [0.2, 0.25) is 0 Å². The third kappa shape index (κ3) is 4.08. The number of benzene rings is 2. The summed E-state index contributed by atoms with van der Waals surface area (Å²) in [5.74, 6) is 0.874. The maximum atomic E-state index is 6.29. The lowest BCUT2D eigenvalue weighted by Crippen LogP contribution is -2.31. The van der Waals surface area contributed by atoms with E-state index in [0.29, 0.717) is 0 Å². The molecular formula is C18H22BrNO. The molecule has 0 saturated carbocycles. The smallest absolute Gasteiger partial charge is 0.139 e. The molecule has 2 nitrogen and oxygen atoms in total. The van der Waals surface area contributed by atoms with E-state index in [1.165, 1.54) is 5.56 Å². The van der Waals surface area contributed by atoms with Crippen LogP contribution in [0.1, 0.15) is 36.1 Å². The quantitative estimate of drug-likeness (QED) is 0.832. The summed E-state index contributed by atoms with van der Waals surface area (Å²) in [6.07, 6.45) is 0.731. The Morgan fingerprint density at radius 2 is 1.76 bits per heavy atom. The molecule has 2 N–H and O–H groups in total. The second-order valence-electron chi connectivity index (χ2n) is 5.43. The number of nitrogens with two attached hydrogens (primary N) is 1. The van der Waals surface area contributed by atoms with E-state index in [1.807, 2.05) is 25.1 Å². The lowest BCUT2D eigenvalue weighted by atomic mass is 9.99. The highest BCUT2D eigenvalue weighted by atomic mass is 79.9. The van der Waals surface area contributed by atoms with Crippen LogP contribution in [0.3, 0.4) is 0 Å². The van der Waals surface area contributed by atoms with Gasteiger partial charge >= 0.3 is 0 Å². The minimum absolute atomic E-state index is 0.0360. The zero-order chi connectivity index (χ0) is 15.4. The topological polar surface area (TPSA) is 35.2 Å². The van der Waals surface area contributed by atoms with Gasteiger partial charge in [-0.3, -0.25) is 0 Å².